The van der Waals surface area contributed by atoms with Crippen LogP contribution in [0.4, 0.5) is 5.69 Å². The third-order valence-corrected chi connectivity index (χ3v) is 3.50. The van der Waals surface area contributed by atoms with E-state index in [2.05, 4.69) is 0 Å². The van der Waals surface area contributed by atoms with Gasteiger partial charge in [0, 0.05) is 32.7 Å². The molecule has 0 radical (unpaired) electrons. The summed E-state index contributed by atoms with van der Waals surface area (Å²) in [6, 6.07) is 9.84. The molecule has 19 heavy (non-hydrogen) atoms. The molecule has 0 aliphatic carbocycles. The number of carbonyl (C=O) groups is 1. The monoisotopic (exact) mass is 313 g/mol. The molecule has 0 aliphatic heterocycles. The third-order valence-electron chi connectivity index (χ3n) is 2.68. The number of halogens is 3. The minimum atomic E-state index is -0.113. The van der Waals surface area contributed by atoms with E-state index < -0.39 is 0 Å². The first-order valence-corrected chi connectivity index (χ1v) is 6.63. The van der Waals surface area contributed by atoms with Crippen LogP contribution < -0.4 is 5.73 Å². The fourth-order valence-corrected chi connectivity index (χ4v) is 2.38. The molecule has 0 amide bonds. The molecule has 0 unspecified atom stereocenters. The second-order valence-corrected chi connectivity index (χ2v) is 5.35. The van der Waals surface area contributed by atoms with Crippen molar-refractivity contribution in [3.05, 3.63) is 62.6 Å². The number of hydrogen-bond donors (Lipinski definition) is 1. The quantitative estimate of drug-likeness (QED) is 0.661. The highest BCUT2D eigenvalue weighted by atomic mass is 35.5. The van der Waals surface area contributed by atoms with Gasteiger partial charge in [0.1, 0.15) is 0 Å². The number of nitrogens with two attached hydrogens (primary N) is 1. The predicted molar refractivity (Wildman–Crippen MR) is 80.4 cm³/mol. The van der Waals surface area contributed by atoms with Gasteiger partial charge in [-0.25, -0.2) is 0 Å². The Morgan fingerprint density at radius 3 is 2.26 bits per heavy atom. The molecular formula is C14H10Cl3NO. The summed E-state index contributed by atoms with van der Waals surface area (Å²) in [7, 11) is 0. The highest BCUT2D eigenvalue weighted by molar-refractivity contribution is 6.35. The molecule has 2 rings (SSSR count). The van der Waals surface area contributed by atoms with E-state index >= 15 is 0 Å². The highest BCUT2D eigenvalue weighted by Crippen LogP contribution is 2.24. The van der Waals surface area contributed by atoms with Gasteiger partial charge in [-0.2, -0.15) is 0 Å². The molecule has 0 atom stereocenters. The SMILES string of the molecule is Nc1cc(Cl)ccc1C(=O)Cc1ccc(Cl)cc1Cl. The van der Waals surface area contributed by atoms with Gasteiger partial charge in [-0.3, -0.25) is 4.79 Å². The molecule has 0 saturated carbocycles. The average molecular weight is 315 g/mol. The lowest BCUT2D eigenvalue weighted by molar-refractivity contribution is 0.0994. The molecule has 0 spiro atoms. The van der Waals surface area contributed by atoms with E-state index in [1.165, 1.54) is 0 Å². The zero-order valence-corrected chi connectivity index (χ0v) is 12.1. The van der Waals surface area contributed by atoms with Crippen molar-refractivity contribution in [2.45, 2.75) is 6.42 Å². The molecule has 2 aromatic carbocycles. The fraction of sp³-hybridized carbons (Fsp3) is 0.0714. The highest BCUT2D eigenvalue weighted by Gasteiger charge is 2.13. The zero-order chi connectivity index (χ0) is 14.0. The van der Waals surface area contributed by atoms with Crippen LogP contribution in [0.5, 0.6) is 0 Å². The minimum Gasteiger partial charge on any atom is -0.398 e. The van der Waals surface area contributed by atoms with Crippen LogP contribution in [0.2, 0.25) is 15.1 Å². The number of Topliss-reactive ketones (excluding diaryl/α,β-unsaturated/α-hetero) is 1. The number of anilines is 1. The summed E-state index contributed by atoms with van der Waals surface area (Å²) in [6.45, 7) is 0. The minimum absolute atomic E-state index is 0.113. The zero-order valence-electron chi connectivity index (χ0n) is 9.79. The van der Waals surface area contributed by atoms with Crippen molar-refractivity contribution in [3.63, 3.8) is 0 Å². The van der Waals surface area contributed by atoms with Gasteiger partial charge >= 0.3 is 0 Å². The molecule has 5 heteroatoms. The summed E-state index contributed by atoms with van der Waals surface area (Å²) in [5.74, 6) is -0.113. The average Bonchev–Trinajstić information content (AvgIpc) is 2.32. The van der Waals surface area contributed by atoms with E-state index in [4.69, 9.17) is 40.5 Å². The molecule has 2 nitrogen and oxygen atoms in total. The van der Waals surface area contributed by atoms with E-state index in [9.17, 15) is 4.79 Å². The first-order chi connectivity index (χ1) is 8.97. The van der Waals surface area contributed by atoms with Crippen LogP contribution in [0.1, 0.15) is 15.9 Å². The fourth-order valence-electron chi connectivity index (χ4n) is 1.72. The van der Waals surface area contributed by atoms with Gasteiger partial charge < -0.3 is 5.73 Å². The lowest BCUT2D eigenvalue weighted by Crippen LogP contribution is -2.07. The largest absolute Gasteiger partial charge is 0.398 e. The van der Waals surface area contributed by atoms with Crippen molar-refractivity contribution in [1.82, 2.24) is 0 Å². The summed E-state index contributed by atoms with van der Waals surface area (Å²) in [5, 5.41) is 1.50. The van der Waals surface area contributed by atoms with Crippen molar-refractivity contribution in [1.29, 1.82) is 0 Å². The van der Waals surface area contributed by atoms with Crippen molar-refractivity contribution in [2.24, 2.45) is 0 Å². The smallest absolute Gasteiger partial charge is 0.169 e. The molecule has 2 aromatic rings. The van der Waals surface area contributed by atoms with Crippen LogP contribution in [-0.2, 0) is 6.42 Å². The second-order valence-electron chi connectivity index (χ2n) is 4.07. The van der Waals surface area contributed by atoms with Gasteiger partial charge in [-0.1, -0.05) is 40.9 Å². The van der Waals surface area contributed by atoms with Gasteiger partial charge in [-0.05, 0) is 35.9 Å². The summed E-state index contributed by atoms with van der Waals surface area (Å²) in [4.78, 5) is 12.2. The van der Waals surface area contributed by atoms with Gasteiger partial charge in [0.05, 0.1) is 0 Å². The summed E-state index contributed by atoms with van der Waals surface area (Å²) >= 11 is 17.6. The number of ketones is 1. The maximum absolute atomic E-state index is 12.2. The van der Waals surface area contributed by atoms with Gasteiger partial charge in [0.2, 0.25) is 0 Å². The van der Waals surface area contributed by atoms with Crippen LogP contribution in [0, 0.1) is 0 Å². The van der Waals surface area contributed by atoms with Gasteiger partial charge in [-0.15, -0.1) is 0 Å². The summed E-state index contributed by atoms with van der Waals surface area (Å²) < 4.78 is 0. The van der Waals surface area contributed by atoms with E-state index in [0.717, 1.165) is 0 Å². The Labute approximate surface area is 126 Å². The molecule has 0 fully saturated rings. The Morgan fingerprint density at radius 2 is 1.63 bits per heavy atom. The Morgan fingerprint density at radius 1 is 1.00 bits per heavy atom. The Kier molecular flexibility index (Phi) is 4.35. The molecule has 0 heterocycles. The molecular weight excluding hydrogens is 305 g/mol. The predicted octanol–water partition coefficient (Wildman–Crippen LogP) is 4.65. The molecule has 0 bridgehead atoms. The van der Waals surface area contributed by atoms with Crippen molar-refractivity contribution in [3.8, 4) is 0 Å². The van der Waals surface area contributed by atoms with Gasteiger partial charge in [0.25, 0.3) is 0 Å². The topological polar surface area (TPSA) is 43.1 Å². The number of hydrogen-bond acceptors (Lipinski definition) is 2. The normalized spacial score (nSPS) is 10.5. The van der Waals surface area contributed by atoms with E-state index in [-0.39, 0.29) is 12.2 Å². The molecule has 2 N–H and O–H groups in total. The number of carbonyl (C=O) groups excluding carboxylic acids is 1. The van der Waals surface area contributed by atoms with Crippen LogP contribution in [0.3, 0.4) is 0 Å². The van der Waals surface area contributed by atoms with Crippen LogP contribution in [-0.4, -0.2) is 5.78 Å². The Balaban J connectivity index is 2.25. The summed E-state index contributed by atoms with van der Waals surface area (Å²) in [5.41, 5.74) is 7.30. The maximum Gasteiger partial charge on any atom is 0.169 e. The van der Waals surface area contributed by atoms with E-state index in [0.29, 0.717) is 31.9 Å². The Hall–Kier alpha value is -1.22. The number of benzene rings is 2. The van der Waals surface area contributed by atoms with Crippen LogP contribution in [0.25, 0.3) is 0 Å². The van der Waals surface area contributed by atoms with Gasteiger partial charge in [0.15, 0.2) is 5.78 Å². The number of nitrogen functional groups attached to an aromatic ring is 1. The van der Waals surface area contributed by atoms with Crippen molar-refractivity contribution >= 4 is 46.3 Å². The molecule has 0 saturated heterocycles. The first-order valence-electron chi connectivity index (χ1n) is 5.49. The maximum atomic E-state index is 12.2. The number of rotatable bonds is 3. The van der Waals surface area contributed by atoms with E-state index in [1.54, 1.807) is 36.4 Å². The Bertz CT molecular complexity index is 641. The standard InChI is InChI=1S/C14H10Cl3NO/c15-9-2-1-8(12(17)6-9)5-14(19)11-4-3-10(16)7-13(11)18/h1-4,6-7H,5,18H2. The lowest BCUT2D eigenvalue weighted by Gasteiger charge is -2.07. The van der Waals surface area contributed by atoms with Crippen molar-refractivity contribution in [2.75, 3.05) is 5.73 Å². The molecule has 0 aromatic heterocycles. The summed E-state index contributed by atoms with van der Waals surface area (Å²) in [6.07, 6.45) is 0.168. The van der Waals surface area contributed by atoms with Crippen LogP contribution in [0.15, 0.2) is 36.4 Å². The molecule has 0 aliphatic rings. The molecule has 98 valence electrons. The van der Waals surface area contributed by atoms with Crippen molar-refractivity contribution < 1.29 is 4.79 Å². The second kappa shape index (κ2) is 5.83. The third kappa shape index (κ3) is 3.41. The van der Waals surface area contributed by atoms with Crippen LogP contribution >= 0.6 is 34.8 Å². The van der Waals surface area contributed by atoms with E-state index in [1.807, 2.05) is 0 Å². The lowest BCUT2D eigenvalue weighted by atomic mass is 10.0. The first kappa shape index (κ1) is 14.2.